The highest BCUT2D eigenvalue weighted by molar-refractivity contribution is 7.08. The largest absolute Gasteiger partial charge is 0.409 e. The fraction of sp³-hybridized carbons (Fsp3) is 0.400. The Morgan fingerprint density at radius 3 is 2.81 bits per heavy atom. The van der Waals surface area contributed by atoms with E-state index in [2.05, 4.69) is 5.16 Å². The summed E-state index contributed by atoms with van der Waals surface area (Å²) in [6, 6.07) is 1.75. The number of thiophene rings is 1. The first kappa shape index (κ1) is 12.5. The Kier molecular flexibility index (Phi) is 4.30. The summed E-state index contributed by atoms with van der Waals surface area (Å²) in [5.74, 6) is -0.0832. The molecule has 0 spiro atoms. The van der Waals surface area contributed by atoms with Gasteiger partial charge in [0.25, 0.3) is 5.91 Å². The summed E-state index contributed by atoms with van der Waals surface area (Å²) in [7, 11) is 0. The molecule has 0 saturated carbocycles. The molecule has 1 aromatic heterocycles. The van der Waals surface area contributed by atoms with Gasteiger partial charge in [0.1, 0.15) is 0 Å². The minimum absolute atomic E-state index is 0.00676. The van der Waals surface area contributed by atoms with E-state index in [1.54, 1.807) is 16.3 Å². The molecular formula is C10H15N3O2S. The maximum absolute atomic E-state index is 12.0. The quantitative estimate of drug-likeness (QED) is 0.361. The van der Waals surface area contributed by atoms with Crippen molar-refractivity contribution >= 4 is 23.1 Å². The average molecular weight is 241 g/mol. The topological polar surface area (TPSA) is 78.9 Å². The maximum atomic E-state index is 12.0. The number of carbonyl (C=O) groups excluding carboxylic acids is 1. The normalized spacial score (nSPS) is 11.8. The molecule has 1 heterocycles. The lowest BCUT2D eigenvalue weighted by Crippen LogP contribution is -2.42. The summed E-state index contributed by atoms with van der Waals surface area (Å²) >= 11 is 1.46. The molecule has 3 N–H and O–H groups in total. The predicted molar refractivity (Wildman–Crippen MR) is 63.9 cm³/mol. The Balaban J connectivity index is 2.82. The first-order valence-corrected chi connectivity index (χ1v) is 5.80. The maximum Gasteiger partial charge on any atom is 0.255 e. The van der Waals surface area contributed by atoms with Gasteiger partial charge in [0.2, 0.25) is 0 Å². The zero-order valence-electron chi connectivity index (χ0n) is 9.25. The van der Waals surface area contributed by atoms with E-state index in [4.69, 9.17) is 10.9 Å². The number of carbonyl (C=O) groups is 1. The lowest BCUT2D eigenvalue weighted by molar-refractivity contribution is 0.0734. The van der Waals surface area contributed by atoms with Crippen molar-refractivity contribution < 1.29 is 10.0 Å². The van der Waals surface area contributed by atoms with Crippen molar-refractivity contribution in [3.8, 4) is 0 Å². The van der Waals surface area contributed by atoms with E-state index in [0.29, 0.717) is 5.56 Å². The molecule has 1 rings (SSSR count). The molecule has 88 valence electrons. The van der Waals surface area contributed by atoms with Crippen LogP contribution >= 0.6 is 11.3 Å². The molecule has 1 amide bonds. The molecule has 5 nitrogen and oxygen atoms in total. The number of nitrogens with zero attached hydrogens (tertiary/aromatic N) is 2. The van der Waals surface area contributed by atoms with Crippen molar-refractivity contribution in [3.05, 3.63) is 22.4 Å². The SMILES string of the molecule is CC(C)N(CC(N)=NO)C(=O)c1ccsc1. The lowest BCUT2D eigenvalue weighted by atomic mass is 10.2. The fourth-order valence-corrected chi connectivity index (χ4v) is 1.88. The van der Waals surface area contributed by atoms with Gasteiger partial charge in [0.05, 0.1) is 12.1 Å². The van der Waals surface area contributed by atoms with Crippen LogP contribution in [0.25, 0.3) is 0 Å². The highest BCUT2D eigenvalue weighted by Crippen LogP contribution is 2.11. The summed E-state index contributed by atoms with van der Waals surface area (Å²) in [5.41, 5.74) is 6.04. The van der Waals surface area contributed by atoms with Crippen LogP contribution in [0, 0.1) is 0 Å². The third kappa shape index (κ3) is 2.96. The summed E-state index contributed by atoms with van der Waals surface area (Å²) in [6.45, 7) is 3.90. The van der Waals surface area contributed by atoms with Crippen LogP contribution in [0.3, 0.4) is 0 Å². The Morgan fingerprint density at radius 1 is 1.69 bits per heavy atom. The summed E-state index contributed by atoms with van der Waals surface area (Å²) in [4.78, 5) is 13.6. The molecule has 0 aromatic carbocycles. The number of amidine groups is 1. The molecule has 0 unspecified atom stereocenters. The van der Waals surface area contributed by atoms with E-state index < -0.39 is 0 Å². The van der Waals surface area contributed by atoms with Crippen LogP contribution < -0.4 is 5.73 Å². The fourth-order valence-electron chi connectivity index (χ4n) is 1.25. The first-order chi connectivity index (χ1) is 7.56. The van der Waals surface area contributed by atoms with Crippen LogP contribution in [0.2, 0.25) is 0 Å². The molecular weight excluding hydrogens is 226 g/mol. The van der Waals surface area contributed by atoms with Crippen molar-refractivity contribution in [2.45, 2.75) is 19.9 Å². The van der Waals surface area contributed by atoms with E-state index in [1.807, 2.05) is 19.2 Å². The minimum atomic E-state index is -0.108. The van der Waals surface area contributed by atoms with Gasteiger partial charge in [-0.25, -0.2) is 0 Å². The predicted octanol–water partition coefficient (Wildman–Crippen LogP) is 1.35. The Labute approximate surface area is 98.2 Å². The number of amides is 1. The average Bonchev–Trinajstić information content (AvgIpc) is 2.77. The first-order valence-electron chi connectivity index (χ1n) is 4.85. The van der Waals surface area contributed by atoms with Crippen molar-refractivity contribution in [1.82, 2.24) is 4.90 Å². The van der Waals surface area contributed by atoms with Crippen molar-refractivity contribution in [2.75, 3.05) is 6.54 Å². The second-order valence-corrected chi connectivity index (χ2v) is 4.41. The molecule has 6 heteroatoms. The van der Waals surface area contributed by atoms with Crippen LogP contribution in [-0.2, 0) is 0 Å². The molecule has 16 heavy (non-hydrogen) atoms. The van der Waals surface area contributed by atoms with Crippen LogP contribution in [-0.4, -0.2) is 34.4 Å². The van der Waals surface area contributed by atoms with Gasteiger partial charge in [-0.05, 0) is 25.3 Å². The minimum Gasteiger partial charge on any atom is -0.409 e. The smallest absolute Gasteiger partial charge is 0.255 e. The molecule has 0 bridgehead atoms. The van der Waals surface area contributed by atoms with Crippen molar-refractivity contribution in [2.24, 2.45) is 10.9 Å². The molecule has 0 radical (unpaired) electrons. The third-order valence-electron chi connectivity index (χ3n) is 2.11. The van der Waals surface area contributed by atoms with Gasteiger partial charge >= 0.3 is 0 Å². The van der Waals surface area contributed by atoms with Gasteiger partial charge in [0, 0.05) is 11.4 Å². The summed E-state index contributed by atoms with van der Waals surface area (Å²) < 4.78 is 0. The highest BCUT2D eigenvalue weighted by Gasteiger charge is 2.20. The number of oxime groups is 1. The Morgan fingerprint density at radius 2 is 2.38 bits per heavy atom. The highest BCUT2D eigenvalue weighted by atomic mass is 32.1. The summed E-state index contributed by atoms with van der Waals surface area (Å²) in [6.07, 6.45) is 0. The van der Waals surface area contributed by atoms with E-state index in [1.165, 1.54) is 11.3 Å². The van der Waals surface area contributed by atoms with Gasteiger partial charge in [-0.15, -0.1) is 0 Å². The second kappa shape index (κ2) is 5.50. The molecule has 0 aliphatic carbocycles. The molecule has 0 fully saturated rings. The Bertz CT molecular complexity index is 373. The second-order valence-electron chi connectivity index (χ2n) is 3.63. The zero-order chi connectivity index (χ0) is 12.1. The van der Waals surface area contributed by atoms with Gasteiger partial charge < -0.3 is 15.8 Å². The number of nitrogens with two attached hydrogens (primary N) is 1. The van der Waals surface area contributed by atoms with Gasteiger partial charge in [-0.2, -0.15) is 11.3 Å². The molecule has 0 aliphatic rings. The van der Waals surface area contributed by atoms with Gasteiger partial charge in [-0.3, -0.25) is 4.79 Å². The van der Waals surface area contributed by atoms with Crippen LogP contribution in [0.15, 0.2) is 22.0 Å². The number of hydrogen-bond donors (Lipinski definition) is 2. The van der Waals surface area contributed by atoms with Crippen LogP contribution in [0.5, 0.6) is 0 Å². The van der Waals surface area contributed by atoms with Crippen molar-refractivity contribution in [1.29, 1.82) is 0 Å². The number of hydrogen-bond acceptors (Lipinski definition) is 4. The van der Waals surface area contributed by atoms with Crippen LogP contribution in [0.1, 0.15) is 24.2 Å². The zero-order valence-corrected chi connectivity index (χ0v) is 10.1. The molecule has 0 saturated heterocycles. The van der Waals surface area contributed by atoms with Gasteiger partial charge in [0.15, 0.2) is 5.84 Å². The van der Waals surface area contributed by atoms with E-state index in [9.17, 15) is 4.79 Å². The van der Waals surface area contributed by atoms with E-state index in [0.717, 1.165) is 0 Å². The standard InChI is InChI=1S/C10H15N3O2S/c1-7(2)13(5-9(11)12-15)10(14)8-3-4-16-6-8/h3-4,6-7,15H,5H2,1-2H3,(H2,11,12). The Hall–Kier alpha value is -1.56. The molecule has 0 atom stereocenters. The van der Waals surface area contributed by atoms with Crippen molar-refractivity contribution in [3.63, 3.8) is 0 Å². The summed E-state index contributed by atoms with van der Waals surface area (Å²) in [5, 5.41) is 15.0. The molecule has 0 aliphatic heterocycles. The molecule has 1 aromatic rings. The third-order valence-corrected chi connectivity index (χ3v) is 2.80. The van der Waals surface area contributed by atoms with Crippen LogP contribution in [0.4, 0.5) is 0 Å². The lowest BCUT2D eigenvalue weighted by Gasteiger charge is -2.25. The van der Waals surface area contributed by atoms with Gasteiger partial charge in [-0.1, -0.05) is 5.16 Å². The van der Waals surface area contributed by atoms with E-state index in [-0.39, 0.29) is 24.3 Å². The number of rotatable bonds is 4. The monoisotopic (exact) mass is 241 g/mol. The van der Waals surface area contributed by atoms with E-state index >= 15 is 0 Å².